The molecule has 0 saturated carbocycles. The molecular formula is C9H14N4O4S. The first-order valence-electron chi connectivity index (χ1n) is 5.31. The van der Waals surface area contributed by atoms with Gasteiger partial charge in [0.15, 0.2) is 5.76 Å². The molecule has 2 heterocycles. The predicted octanol–water partition coefficient (Wildman–Crippen LogP) is -0.667. The van der Waals surface area contributed by atoms with E-state index in [0.717, 1.165) is 0 Å². The molecule has 0 bridgehead atoms. The van der Waals surface area contributed by atoms with Crippen LogP contribution in [0.3, 0.4) is 0 Å². The molecule has 2 amide bonds. The van der Waals surface area contributed by atoms with Crippen LogP contribution in [-0.2, 0) is 10.0 Å². The normalized spacial score (nSPS) is 16.7. The third-order valence-corrected chi connectivity index (χ3v) is 4.52. The highest BCUT2D eigenvalue weighted by molar-refractivity contribution is 7.89. The molecule has 0 aromatic carbocycles. The van der Waals surface area contributed by atoms with E-state index in [1.54, 1.807) is 6.92 Å². The molecule has 1 aromatic rings. The van der Waals surface area contributed by atoms with Crippen LogP contribution in [0, 0.1) is 13.8 Å². The Bertz CT molecular complexity index is 554. The van der Waals surface area contributed by atoms with Gasteiger partial charge in [-0.3, -0.25) is 0 Å². The van der Waals surface area contributed by atoms with E-state index in [2.05, 4.69) is 9.88 Å². The number of urea groups is 1. The second-order valence-corrected chi connectivity index (χ2v) is 5.87. The smallest absolute Gasteiger partial charge is 0.314 e. The summed E-state index contributed by atoms with van der Waals surface area (Å²) in [6.45, 7) is 3.64. The van der Waals surface area contributed by atoms with Crippen LogP contribution in [0.25, 0.3) is 0 Å². The summed E-state index contributed by atoms with van der Waals surface area (Å²) < 4.78 is 31.4. The minimum atomic E-state index is -3.67. The Morgan fingerprint density at radius 3 is 2.56 bits per heavy atom. The van der Waals surface area contributed by atoms with Gasteiger partial charge in [0.1, 0.15) is 10.6 Å². The lowest BCUT2D eigenvalue weighted by Gasteiger charge is -2.37. The Balaban J connectivity index is 2.08. The monoisotopic (exact) mass is 274 g/mol. The SMILES string of the molecule is Cc1noc(C)c1S(=O)(=O)NC1CN(C(N)=O)C1. The van der Waals surface area contributed by atoms with E-state index in [1.165, 1.54) is 11.8 Å². The zero-order valence-electron chi connectivity index (χ0n) is 10.0. The van der Waals surface area contributed by atoms with E-state index in [1.807, 2.05) is 0 Å². The number of hydrogen-bond acceptors (Lipinski definition) is 5. The van der Waals surface area contributed by atoms with Crippen molar-refractivity contribution in [1.29, 1.82) is 0 Å². The van der Waals surface area contributed by atoms with E-state index in [4.69, 9.17) is 10.3 Å². The number of aryl methyl sites for hydroxylation is 2. The van der Waals surface area contributed by atoms with Crippen LogP contribution >= 0.6 is 0 Å². The topological polar surface area (TPSA) is 119 Å². The molecule has 1 aromatic heterocycles. The number of rotatable bonds is 3. The van der Waals surface area contributed by atoms with Crippen molar-refractivity contribution in [3.63, 3.8) is 0 Å². The van der Waals surface area contributed by atoms with Gasteiger partial charge in [0, 0.05) is 13.1 Å². The summed E-state index contributed by atoms with van der Waals surface area (Å²) in [5.74, 6) is 0.242. The number of hydrogen-bond donors (Lipinski definition) is 2. The first kappa shape index (κ1) is 12.8. The highest BCUT2D eigenvalue weighted by Crippen LogP contribution is 2.20. The molecule has 2 rings (SSSR count). The minimum absolute atomic E-state index is 0.0556. The van der Waals surface area contributed by atoms with Crippen LogP contribution in [-0.4, -0.2) is 43.6 Å². The maximum atomic E-state index is 12.1. The Hall–Kier alpha value is -1.61. The van der Waals surface area contributed by atoms with E-state index >= 15 is 0 Å². The first-order valence-corrected chi connectivity index (χ1v) is 6.79. The van der Waals surface area contributed by atoms with Crippen LogP contribution in [0.1, 0.15) is 11.5 Å². The van der Waals surface area contributed by atoms with Crippen molar-refractivity contribution in [3.8, 4) is 0 Å². The summed E-state index contributed by atoms with van der Waals surface area (Å²) in [7, 11) is -3.67. The Kier molecular flexibility index (Phi) is 3.03. The number of primary amides is 1. The number of aromatic nitrogens is 1. The second-order valence-electron chi connectivity index (χ2n) is 4.21. The molecule has 100 valence electrons. The third kappa shape index (κ3) is 2.18. The summed E-state index contributed by atoms with van der Waals surface area (Å²) in [6, 6.07) is -0.876. The Labute approximate surface area is 104 Å². The average molecular weight is 274 g/mol. The lowest BCUT2D eigenvalue weighted by molar-refractivity contribution is 0.155. The molecule has 18 heavy (non-hydrogen) atoms. The van der Waals surface area contributed by atoms with Crippen molar-refractivity contribution in [2.24, 2.45) is 5.73 Å². The van der Waals surface area contributed by atoms with Gasteiger partial charge in [-0.1, -0.05) is 5.16 Å². The van der Waals surface area contributed by atoms with Crippen molar-refractivity contribution in [2.75, 3.05) is 13.1 Å². The average Bonchev–Trinajstić information content (AvgIpc) is 2.51. The minimum Gasteiger partial charge on any atom is -0.360 e. The second kappa shape index (κ2) is 4.25. The van der Waals surface area contributed by atoms with Gasteiger partial charge in [0.25, 0.3) is 0 Å². The fourth-order valence-corrected chi connectivity index (χ4v) is 3.42. The molecule has 3 N–H and O–H groups in total. The van der Waals surface area contributed by atoms with Gasteiger partial charge in [-0.25, -0.2) is 17.9 Å². The first-order chi connectivity index (χ1) is 8.31. The molecule has 9 heteroatoms. The van der Waals surface area contributed by atoms with Crippen LogP contribution in [0.4, 0.5) is 4.79 Å². The van der Waals surface area contributed by atoms with Crippen LogP contribution in [0.15, 0.2) is 9.42 Å². The van der Waals surface area contributed by atoms with Gasteiger partial charge >= 0.3 is 6.03 Å². The van der Waals surface area contributed by atoms with Gasteiger partial charge in [-0.15, -0.1) is 0 Å². The van der Waals surface area contributed by atoms with Gasteiger partial charge in [-0.2, -0.15) is 0 Å². The largest absolute Gasteiger partial charge is 0.360 e. The summed E-state index contributed by atoms with van der Waals surface area (Å²) in [5.41, 5.74) is 5.36. The van der Waals surface area contributed by atoms with E-state index in [0.29, 0.717) is 5.69 Å². The zero-order valence-corrected chi connectivity index (χ0v) is 10.8. The fourth-order valence-electron chi connectivity index (χ4n) is 1.87. The summed E-state index contributed by atoms with van der Waals surface area (Å²) in [5, 5.41) is 3.60. The Morgan fingerprint density at radius 1 is 1.50 bits per heavy atom. The number of carbonyl (C=O) groups excluding carboxylic acids is 1. The molecular weight excluding hydrogens is 260 g/mol. The standard InChI is InChI=1S/C9H14N4O4S/c1-5-8(6(2)17-11-5)18(15,16)12-7-3-13(4-7)9(10)14/h7,12H,3-4H2,1-2H3,(H2,10,14). The van der Waals surface area contributed by atoms with E-state index < -0.39 is 16.1 Å². The molecule has 1 fully saturated rings. The number of nitrogens with two attached hydrogens (primary N) is 1. The summed E-state index contributed by atoms with van der Waals surface area (Å²) in [4.78, 5) is 12.2. The molecule has 0 radical (unpaired) electrons. The van der Waals surface area contributed by atoms with Gasteiger partial charge in [0.2, 0.25) is 10.0 Å². The molecule has 0 atom stereocenters. The van der Waals surface area contributed by atoms with Crippen LogP contribution in [0.2, 0.25) is 0 Å². The number of sulfonamides is 1. The highest BCUT2D eigenvalue weighted by Gasteiger charge is 2.34. The molecule has 0 aliphatic carbocycles. The van der Waals surface area contributed by atoms with Gasteiger partial charge < -0.3 is 15.2 Å². The summed E-state index contributed by atoms with van der Waals surface area (Å²) in [6.07, 6.45) is 0. The number of nitrogens with zero attached hydrogens (tertiary/aromatic N) is 2. The van der Waals surface area contributed by atoms with Crippen molar-refractivity contribution in [3.05, 3.63) is 11.5 Å². The molecule has 0 unspecified atom stereocenters. The van der Waals surface area contributed by atoms with E-state index in [9.17, 15) is 13.2 Å². The highest BCUT2D eigenvalue weighted by atomic mass is 32.2. The lowest BCUT2D eigenvalue weighted by atomic mass is 10.1. The van der Waals surface area contributed by atoms with Crippen molar-refractivity contribution < 1.29 is 17.7 Å². The molecule has 1 saturated heterocycles. The molecule has 8 nitrogen and oxygen atoms in total. The quantitative estimate of drug-likeness (QED) is 0.758. The van der Waals surface area contributed by atoms with Crippen molar-refractivity contribution >= 4 is 16.1 Å². The number of carbonyl (C=O) groups is 1. The fraction of sp³-hybridized carbons (Fsp3) is 0.556. The lowest BCUT2D eigenvalue weighted by Crippen LogP contribution is -2.62. The molecule has 0 spiro atoms. The summed E-state index contributed by atoms with van der Waals surface area (Å²) >= 11 is 0. The third-order valence-electron chi connectivity index (χ3n) is 2.75. The van der Waals surface area contributed by atoms with Crippen LogP contribution < -0.4 is 10.5 Å². The maximum absolute atomic E-state index is 12.1. The zero-order chi connectivity index (χ0) is 13.5. The predicted molar refractivity (Wildman–Crippen MR) is 61.2 cm³/mol. The van der Waals surface area contributed by atoms with E-state index in [-0.39, 0.29) is 29.8 Å². The Morgan fingerprint density at radius 2 is 2.11 bits per heavy atom. The number of nitrogens with one attached hydrogen (secondary N) is 1. The number of amides is 2. The molecule has 1 aliphatic rings. The number of likely N-dealkylation sites (tertiary alicyclic amines) is 1. The van der Waals surface area contributed by atoms with Crippen molar-refractivity contribution in [2.45, 2.75) is 24.8 Å². The van der Waals surface area contributed by atoms with Gasteiger partial charge in [0.05, 0.1) is 6.04 Å². The van der Waals surface area contributed by atoms with Crippen molar-refractivity contribution in [1.82, 2.24) is 14.8 Å². The maximum Gasteiger partial charge on any atom is 0.314 e. The van der Waals surface area contributed by atoms with Gasteiger partial charge in [-0.05, 0) is 13.8 Å². The molecule has 1 aliphatic heterocycles. The van der Waals surface area contributed by atoms with Crippen LogP contribution in [0.5, 0.6) is 0 Å².